The van der Waals surface area contributed by atoms with Gasteiger partial charge in [-0.15, -0.1) is 0 Å². The van der Waals surface area contributed by atoms with Crippen LogP contribution in [0.25, 0.3) is 0 Å². The van der Waals surface area contributed by atoms with Gasteiger partial charge >= 0.3 is 6.16 Å². The highest BCUT2D eigenvalue weighted by Gasteiger charge is 2.15. The number of carbonyl (C=O) groups is 1. The van der Waals surface area contributed by atoms with E-state index in [4.69, 9.17) is 9.47 Å². The Morgan fingerprint density at radius 1 is 1.00 bits per heavy atom. The molecule has 26 heavy (non-hydrogen) atoms. The number of rotatable bonds is 6. The first-order valence-electron chi connectivity index (χ1n) is 9.43. The highest BCUT2D eigenvalue weighted by atomic mass is 16.7. The normalized spacial score (nSPS) is 14.7. The molecule has 0 radical (unpaired) electrons. The van der Waals surface area contributed by atoms with Gasteiger partial charge in [-0.3, -0.25) is 0 Å². The third-order valence-corrected chi connectivity index (χ3v) is 5.00. The van der Waals surface area contributed by atoms with Crippen LogP contribution in [0.4, 0.5) is 10.5 Å². The maximum Gasteiger partial charge on any atom is 0.513 e. The molecule has 1 saturated carbocycles. The fourth-order valence-corrected chi connectivity index (χ4v) is 3.45. The maximum absolute atomic E-state index is 11.9. The van der Waals surface area contributed by atoms with Gasteiger partial charge in [-0.05, 0) is 48.6 Å². The van der Waals surface area contributed by atoms with Crippen LogP contribution < -0.4 is 9.64 Å². The second kappa shape index (κ2) is 9.27. The lowest BCUT2D eigenvalue weighted by Crippen LogP contribution is -2.24. The van der Waals surface area contributed by atoms with Crippen molar-refractivity contribution in [3.63, 3.8) is 0 Å². The fourth-order valence-electron chi connectivity index (χ4n) is 3.45. The third-order valence-electron chi connectivity index (χ3n) is 5.00. The van der Waals surface area contributed by atoms with Crippen molar-refractivity contribution in [2.75, 3.05) is 25.1 Å². The number of hydrogen-bond acceptors (Lipinski definition) is 4. The summed E-state index contributed by atoms with van der Waals surface area (Å²) in [6.45, 7) is 0.893. The lowest BCUT2D eigenvalue weighted by Gasteiger charge is -2.22. The summed E-state index contributed by atoms with van der Waals surface area (Å²) < 4.78 is 10.4. The van der Waals surface area contributed by atoms with E-state index in [1.54, 1.807) is 0 Å². The van der Waals surface area contributed by atoms with Crippen molar-refractivity contribution in [3.05, 3.63) is 60.2 Å². The molecule has 0 unspecified atom stereocenters. The molecule has 0 saturated heterocycles. The number of anilines is 1. The second-order valence-corrected chi connectivity index (χ2v) is 6.86. The molecule has 3 rings (SSSR count). The predicted molar refractivity (Wildman–Crippen MR) is 104 cm³/mol. The van der Waals surface area contributed by atoms with Crippen LogP contribution in [0.15, 0.2) is 54.6 Å². The van der Waals surface area contributed by atoms with E-state index in [2.05, 4.69) is 12.1 Å². The Kier molecular flexibility index (Phi) is 6.53. The molecule has 1 fully saturated rings. The summed E-state index contributed by atoms with van der Waals surface area (Å²) in [6.07, 6.45) is 5.84. The van der Waals surface area contributed by atoms with Crippen molar-refractivity contribution < 1.29 is 14.3 Å². The molecule has 0 spiro atoms. The van der Waals surface area contributed by atoms with Crippen LogP contribution >= 0.6 is 0 Å². The van der Waals surface area contributed by atoms with Gasteiger partial charge in [0.05, 0.1) is 6.54 Å². The third kappa shape index (κ3) is 5.25. The van der Waals surface area contributed by atoms with E-state index in [0.717, 1.165) is 5.69 Å². The Morgan fingerprint density at radius 3 is 2.38 bits per heavy atom. The zero-order chi connectivity index (χ0) is 18.2. The molecule has 0 amide bonds. The number of hydrogen-bond donors (Lipinski definition) is 0. The minimum absolute atomic E-state index is 0.282. The number of para-hydroxylation sites is 1. The van der Waals surface area contributed by atoms with E-state index in [1.807, 2.05) is 54.4 Å². The Balaban J connectivity index is 1.41. The summed E-state index contributed by atoms with van der Waals surface area (Å²) in [5, 5.41) is 0. The molecule has 2 aromatic carbocycles. The predicted octanol–water partition coefficient (Wildman–Crippen LogP) is 5.39. The number of carbonyl (C=O) groups excluding carboxylic acids is 1. The number of ether oxygens (including phenoxy) is 2. The summed E-state index contributed by atoms with van der Waals surface area (Å²) in [6, 6.07) is 17.9. The van der Waals surface area contributed by atoms with Gasteiger partial charge in [0.25, 0.3) is 0 Å². The standard InChI is InChI=1S/C22H27NO3/c1-23(20-10-6-3-7-11-20)16-17-25-22(24)26-21-14-12-19(13-15-21)18-8-4-2-5-9-18/h3,6-7,10-15,18H,2,4-5,8-9,16-17H2,1H3. The summed E-state index contributed by atoms with van der Waals surface area (Å²) in [5.74, 6) is 1.18. The van der Waals surface area contributed by atoms with Crippen molar-refractivity contribution in [1.29, 1.82) is 0 Å². The monoisotopic (exact) mass is 353 g/mol. The quantitative estimate of drug-likeness (QED) is 0.516. The smallest absolute Gasteiger partial charge is 0.432 e. The van der Waals surface area contributed by atoms with E-state index >= 15 is 0 Å². The largest absolute Gasteiger partial charge is 0.513 e. The molecule has 0 atom stereocenters. The highest BCUT2D eigenvalue weighted by molar-refractivity contribution is 5.63. The summed E-state index contributed by atoms with van der Waals surface area (Å²) in [7, 11) is 1.97. The topological polar surface area (TPSA) is 38.8 Å². The Hall–Kier alpha value is -2.49. The molecule has 0 aliphatic heterocycles. The molecule has 0 heterocycles. The molecule has 0 N–H and O–H groups in total. The molecule has 1 aliphatic carbocycles. The molecular weight excluding hydrogens is 326 g/mol. The molecule has 1 aliphatic rings. The molecule has 138 valence electrons. The van der Waals surface area contributed by atoms with Gasteiger partial charge in [0.15, 0.2) is 0 Å². The van der Waals surface area contributed by atoms with Crippen LogP contribution in [0.1, 0.15) is 43.6 Å². The second-order valence-electron chi connectivity index (χ2n) is 6.86. The van der Waals surface area contributed by atoms with Crippen LogP contribution in [0.2, 0.25) is 0 Å². The summed E-state index contributed by atoms with van der Waals surface area (Å²) in [4.78, 5) is 13.9. The van der Waals surface area contributed by atoms with Crippen LogP contribution in [-0.2, 0) is 4.74 Å². The minimum atomic E-state index is -0.656. The molecule has 4 nitrogen and oxygen atoms in total. The van der Waals surface area contributed by atoms with Crippen molar-refractivity contribution in [2.45, 2.75) is 38.0 Å². The van der Waals surface area contributed by atoms with Crippen molar-refractivity contribution in [2.24, 2.45) is 0 Å². The Bertz CT molecular complexity index is 678. The van der Waals surface area contributed by atoms with Gasteiger partial charge < -0.3 is 14.4 Å². The lowest BCUT2D eigenvalue weighted by atomic mass is 9.84. The van der Waals surface area contributed by atoms with Gasteiger partial charge in [-0.2, -0.15) is 0 Å². The van der Waals surface area contributed by atoms with Crippen molar-refractivity contribution in [3.8, 4) is 5.75 Å². The average Bonchev–Trinajstić information content (AvgIpc) is 2.70. The molecule has 2 aromatic rings. The van der Waals surface area contributed by atoms with Crippen LogP contribution in [0.3, 0.4) is 0 Å². The molecular formula is C22H27NO3. The van der Waals surface area contributed by atoms with E-state index in [1.165, 1.54) is 37.7 Å². The average molecular weight is 353 g/mol. The van der Waals surface area contributed by atoms with Crippen molar-refractivity contribution >= 4 is 11.8 Å². The zero-order valence-corrected chi connectivity index (χ0v) is 15.4. The van der Waals surface area contributed by atoms with Gasteiger partial charge in [-0.1, -0.05) is 49.6 Å². The number of nitrogens with zero attached hydrogens (tertiary/aromatic N) is 1. The van der Waals surface area contributed by atoms with Crippen molar-refractivity contribution in [1.82, 2.24) is 0 Å². The van der Waals surface area contributed by atoms with E-state index < -0.39 is 6.16 Å². The maximum atomic E-state index is 11.9. The Labute approximate surface area is 155 Å². The SMILES string of the molecule is CN(CCOC(=O)Oc1ccc(C2CCCCC2)cc1)c1ccccc1. The van der Waals surface area contributed by atoms with Gasteiger partial charge in [-0.25, -0.2) is 4.79 Å². The van der Waals surface area contributed by atoms with Crippen LogP contribution in [-0.4, -0.2) is 26.4 Å². The lowest BCUT2D eigenvalue weighted by molar-refractivity contribution is 0.102. The first kappa shape index (κ1) is 18.3. The van der Waals surface area contributed by atoms with Crippen LogP contribution in [0, 0.1) is 0 Å². The zero-order valence-electron chi connectivity index (χ0n) is 15.4. The molecule has 0 aromatic heterocycles. The first-order valence-corrected chi connectivity index (χ1v) is 9.43. The van der Waals surface area contributed by atoms with Gasteiger partial charge in [0, 0.05) is 12.7 Å². The highest BCUT2D eigenvalue weighted by Crippen LogP contribution is 2.33. The number of benzene rings is 2. The van der Waals surface area contributed by atoms with E-state index in [-0.39, 0.29) is 6.61 Å². The molecule has 0 bridgehead atoms. The van der Waals surface area contributed by atoms with E-state index in [9.17, 15) is 4.79 Å². The fraction of sp³-hybridized carbons (Fsp3) is 0.409. The van der Waals surface area contributed by atoms with Crippen LogP contribution in [0.5, 0.6) is 5.75 Å². The molecule has 4 heteroatoms. The summed E-state index contributed by atoms with van der Waals surface area (Å²) in [5.41, 5.74) is 2.43. The minimum Gasteiger partial charge on any atom is -0.432 e. The van der Waals surface area contributed by atoms with Gasteiger partial charge in [0.1, 0.15) is 12.4 Å². The van der Waals surface area contributed by atoms with E-state index in [0.29, 0.717) is 18.2 Å². The number of likely N-dealkylation sites (N-methyl/N-ethyl adjacent to an activating group) is 1. The Morgan fingerprint density at radius 2 is 1.69 bits per heavy atom. The first-order chi connectivity index (χ1) is 12.7. The summed E-state index contributed by atoms with van der Waals surface area (Å²) >= 11 is 0. The van der Waals surface area contributed by atoms with Gasteiger partial charge in [0.2, 0.25) is 0 Å².